The van der Waals surface area contributed by atoms with Crippen molar-refractivity contribution in [3.05, 3.63) is 65.2 Å². The zero-order chi connectivity index (χ0) is 19.2. The lowest BCUT2D eigenvalue weighted by molar-refractivity contribution is -0.125. The fourth-order valence-electron chi connectivity index (χ4n) is 3.39. The van der Waals surface area contributed by atoms with E-state index in [-0.39, 0.29) is 11.8 Å². The molecule has 1 N–H and O–H groups in total. The first kappa shape index (κ1) is 19.0. The van der Waals surface area contributed by atoms with Crippen molar-refractivity contribution in [3.8, 4) is 0 Å². The van der Waals surface area contributed by atoms with Crippen molar-refractivity contribution >= 4 is 17.9 Å². The molecule has 0 radical (unpaired) electrons. The maximum Gasteiger partial charge on any atom is 0.223 e. The van der Waals surface area contributed by atoms with Gasteiger partial charge in [0, 0.05) is 42.9 Å². The summed E-state index contributed by atoms with van der Waals surface area (Å²) in [6.07, 6.45) is 2.70. The SMILES string of the molecule is O=Cc1ccc(N2CCC(C(=O)NCCc3cc(F)cc(F)c3)CC2)cc1. The number of amides is 1. The molecule has 3 rings (SSSR count). The van der Waals surface area contributed by atoms with Crippen molar-refractivity contribution in [3.63, 3.8) is 0 Å². The van der Waals surface area contributed by atoms with Gasteiger partial charge in [0.2, 0.25) is 5.91 Å². The van der Waals surface area contributed by atoms with Gasteiger partial charge in [0.25, 0.3) is 0 Å². The number of anilines is 1. The number of halogens is 2. The molecule has 1 aliphatic heterocycles. The quantitative estimate of drug-likeness (QED) is 0.791. The normalized spacial score (nSPS) is 14.8. The third-order valence-electron chi connectivity index (χ3n) is 4.90. The molecule has 1 heterocycles. The molecule has 1 saturated heterocycles. The van der Waals surface area contributed by atoms with Crippen molar-refractivity contribution in [1.82, 2.24) is 5.32 Å². The summed E-state index contributed by atoms with van der Waals surface area (Å²) < 4.78 is 26.3. The van der Waals surface area contributed by atoms with Crippen LogP contribution in [0.2, 0.25) is 0 Å². The molecule has 6 heteroatoms. The minimum absolute atomic E-state index is 0.0113. The van der Waals surface area contributed by atoms with Crippen molar-refractivity contribution < 1.29 is 18.4 Å². The average molecular weight is 372 g/mol. The van der Waals surface area contributed by atoms with Gasteiger partial charge in [-0.15, -0.1) is 0 Å². The average Bonchev–Trinajstić information content (AvgIpc) is 2.67. The second-order valence-corrected chi connectivity index (χ2v) is 6.79. The topological polar surface area (TPSA) is 49.4 Å². The molecule has 0 unspecified atom stereocenters. The number of hydrogen-bond acceptors (Lipinski definition) is 3. The monoisotopic (exact) mass is 372 g/mol. The molecule has 0 saturated carbocycles. The fourth-order valence-corrected chi connectivity index (χ4v) is 3.39. The maximum absolute atomic E-state index is 13.2. The Hall–Kier alpha value is -2.76. The number of hydrogen-bond donors (Lipinski definition) is 1. The standard InChI is InChI=1S/C21H22F2N2O2/c22-18-11-16(12-19(23)13-18)5-8-24-21(27)17-6-9-25(10-7-17)20-3-1-15(14-26)2-4-20/h1-4,11-14,17H,5-10H2,(H,24,27). The Bertz CT molecular complexity index is 780. The second kappa shape index (κ2) is 8.75. The van der Waals surface area contributed by atoms with E-state index in [2.05, 4.69) is 10.2 Å². The lowest BCUT2D eigenvalue weighted by Crippen LogP contribution is -2.41. The molecule has 1 aliphatic rings. The molecule has 0 spiro atoms. The number of carbonyl (C=O) groups is 2. The molecular formula is C21H22F2N2O2. The number of benzene rings is 2. The second-order valence-electron chi connectivity index (χ2n) is 6.79. The van der Waals surface area contributed by atoms with E-state index in [1.54, 1.807) is 12.1 Å². The summed E-state index contributed by atoms with van der Waals surface area (Å²) in [4.78, 5) is 25.3. The zero-order valence-electron chi connectivity index (χ0n) is 15.0. The third-order valence-corrected chi connectivity index (χ3v) is 4.90. The molecule has 1 fully saturated rings. The Morgan fingerprint density at radius 3 is 2.30 bits per heavy atom. The molecule has 2 aromatic rings. The predicted octanol–water partition coefficient (Wildman–Crippen LogP) is 3.35. The molecule has 0 atom stereocenters. The van der Waals surface area contributed by atoms with E-state index in [1.807, 2.05) is 12.1 Å². The Balaban J connectivity index is 1.44. The minimum atomic E-state index is -0.607. The number of rotatable bonds is 6. The van der Waals surface area contributed by atoms with Crippen LogP contribution in [0.1, 0.15) is 28.8 Å². The Morgan fingerprint density at radius 2 is 1.70 bits per heavy atom. The van der Waals surface area contributed by atoms with Crippen molar-refractivity contribution in [2.45, 2.75) is 19.3 Å². The van der Waals surface area contributed by atoms with E-state index in [4.69, 9.17) is 0 Å². The molecule has 4 nitrogen and oxygen atoms in total. The summed E-state index contributed by atoms with van der Waals surface area (Å²) in [6.45, 7) is 1.90. The zero-order valence-corrected chi connectivity index (χ0v) is 15.0. The highest BCUT2D eigenvalue weighted by atomic mass is 19.1. The molecule has 2 aromatic carbocycles. The Labute approximate surface area is 157 Å². The van der Waals surface area contributed by atoms with Gasteiger partial charge in [0.15, 0.2) is 0 Å². The third kappa shape index (κ3) is 5.12. The highest BCUT2D eigenvalue weighted by Gasteiger charge is 2.24. The number of carbonyl (C=O) groups excluding carboxylic acids is 2. The van der Waals surface area contributed by atoms with E-state index in [0.717, 1.165) is 44.0 Å². The molecule has 27 heavy (non-hydrogen) atoms. The lowest BCUT2D eigenvalue weighted by Gasteiger charge is -2.33. The first-order valence-corrected chi connectivity index (χ1v) is 9.08. The van der Waals surface area contributed by atoms with Crippen LogP contribution in [0, 0.1) is 17.6 Å². The smallest absolute Gasteiger partial charge is 0.223 e. The summed E-state index contributed by atoms with van der Waals surface area (Å²) in [5, 5.41) is 2.87. The molecule has 0 aromatic heterocycles. The van der Waals surface area contributed by atoms with Crippen molar-refractivity contribution in [2.24, 2.45) is 5.92 Å². The summed E-state index contributed by atoms with van der Waals surface area (Å²) in [5.74, 6) is -1.28. The van der Waals surface area contributed by atoms with E-state index in [9.17, 15) is 18.4 Å². The minimum Gasteiger partial charge on any atom is -0.371 e. The van der Waals surface area contributed by atoms with Crippen molar-refractivity contribution in [2.75, 3.05) is 24.5 Å². The number of piperidine rings is 1. The fraction of sp³-hybridized carbons (Fsp3) is 0.333. The molecule has 0 aliphatic carbocycles. The summed E-state index contributed by atoms with van der Waals surface area (Å²) in [7, 11) is 0. The van der Waals surface area contributed by atoms with E-state index < -0.39 is 11.6 Å². The van der Waals surface area contributed by atoms with Gasteiger partial charge < -0.3 is 10.2 Å². The van der Waals surface area contributed by atoms with Gasteiger partial charge in [-0.25, -0.2) is 8.78 Å². The largest absolute Gasteiger partial charge is 0.371 e. The number of nitrogens with one attached hydrogen (secondary N) is 1. The summed E-state index contributed by atoms with van der Waals surface area (Å²) >= 11 is 0. The van der Waals surface area contributed by atoms with Gasteiger partial charge in [0.05, 0.1) is 0 Å². The van der Waals surface area contributed by atoms with Crippen LogP contribution in [-0.2, 0) is 11.2 Å². The van der Waals surface area contributed by atoms with Crippen LogP contribution in [-0.4, -0.2) is 31.8 Å². The summed E-state index contributed by atoms with van der Waals surface area (Å²) in [6, 6.07) is 10.8. The van der Waals surface area contributed by atoms with Gasteiger partial charge in [0.1, 0.15) is 17.9 Å². The van der Waals surface area contributed by atoms with E-state index >= 15 is 0 Å². The van der Waals surface area contributed by atoms with Gasteiger partial charge in [-0.05, 0) is 61.2 Å². The number of aldehydes is 1. The molecule has 142 valence electrons. The summed E-state index contributed by atoms with van der Waals surface area (Å²) in [5.41, 5.74) is 2.22. The van der Waals surface area contributed by atoms with Crippen LogP contribution in [0.4, 0.5) is 14.5 Å². The van der Waals surface area contributed by atoms with E-state index in [0.29, 0.717) is 24.1 Å². The van der Waals surface area contributed by atoms with Crippen LogP contribution in [0.5, 0.6) is 0 Å². The van der Waals surface area contributed by atoms with Crippen LogP contribution < -0.4 is 10.2 Å². The van der Waals surface area contributed by atoms with Gasteiger partial charge >= 0.3 is 0 Å². The maximum atomic E-state index is 13.2. The highest BCUT2D eigenvalue weighted by molar-refractivity contribution is 5.79. The van der Waals surface area contributed by atoms with Crippen LogP contribution in [0.25, 0.3) is 0 Å². The Morgan fingerprint density at radius 1 is 1.07 bits per heavy atom. The predicted molar refractivity (Wildman–Crippen MR) is 99.8 cm³/mol. The molecule has 0 bridgehead atoms. The first-order chi connectivity index (χ1) is 13.0. The van der Waals surface area contributed by atoms with Gasteiger partial charge in [-0.2, -0.15) is 0 Å². The highest BCUT2D eigenvalue weighted by Crippen LogP contribution is 2.23. The van der Waals surface area contributed by atoms with Crippen LogP contribution in [0.15, 0.2) is 42.5 Å². The number of nitrogens with zero attached hydrogens (tertiary/aromatic N) is 1. The van der Waals surface area contributed by atoms with Gasteiger partial charge in [-0.3, -0.25) is 9.59 Å². The van der Waals surface area contributed by atoms with Gasteiger partial charge in [-0.1, -0.05) is 0 Å². The van der Waals surface area contributed by atoms with E-state index in [1.165, 1.54) is 12.1 Å². The lowest BCUT2D eigenvalue weighted by atomic mass is 9.95. The van der Waals surface area contributed by atoms with Crippen LogP contribution >= 0.6 is 0 Å². The van der Waals surface area contributed by atoms with Crippen LogP contribution in [0.3, 0.4) is 0 Å². The Kier molecular flexibility index (Phi) is 6.16. The molecular weight excluding hydrogens is 350 g/mol. The molecule has 1 amide bonds. The first-order valence-electron chi connectivity index (χ1n) is 9.08. The van der Waals surface area contributed by atoms with Crippen molar-refractivity contribution in [1.29, 1.82) is 0 Å².